The van der Waals surface area contributed by atoms with E-state index in [0.29, 0.717) is 35.9 Å². The third kappa shape index (κ3) is 3.57. The van der Waals surface area contributed by atoms with E-state index in [1.807, 2.05) is 6.92 Å². The third-order valence-corrected chi connectivity index (χ3v) is 10.1. The fourth-order valence-corrected chi connectivity index (χ4v) is 8.48. The van der Waals surface area contributed by atoms with Crippen LogP contribution in [-0.4, -0.2) is 23.2 Å². The van der Waals surface area contributed by atoms with Crippen molar-refractivity contribution in [2.45, 2.75) is 97.3 Å². The van der Waals surface area contributed by atoms with E-state index in [1.165, 1.54) is 0 Å². The van der Waals surface area contributed by atoms with Gasteiger partial charge in [0.15, 0.2) is 0 Å². The maximum Gasteiger partial charge on any atom is 0.389 e. The molecule has 0 amide bonds. The van der Waals surface area contributed by atoms with Gasteiger partial charge in [-0.2, -0.15) is 13.2 Å². The molecule has 4 fully saturated rings. The first kappa shape index (κ1) is 21.6. The Morgan fingerprint density at radius 1 is 1.07 bits per heavy atom. The van der Waals surface area contributed by atoms with Crippen LogP contribution in [0.3, 0.4) is 0 Å². The van der Waals surface area contributed by atoms with Crippen molar-refractivity contribution in [1.29, 1.82) is 0 Å². The molecule has 0 heterocycles. The zero-order valence-electron chi connectivity index (χ0n) is 18.1. The number of aliphatic hydroxyl groups is 1. The largest absolute Gasteiger partial charge is 0.393 e. The quantitative estimate of drug-likeness (QED) is 0.600. The van der Waals surface area contributed by atoms with Gasteiger partial charge in [0, 0.05) is 18.8 Å². The Hall–Kier alpha value is -0.580. The summed E-state index contributed by atoms with van der Waals surface area (Å²) < 4.78 is 38.3. The molecule has 0 saturated heterocycles. The molecule has 9 atom stereocenters. The number of aliphatic hydroxyl groups excluding tert-OH is 1. The molecule has 5 heteroatoms. The smallest absolute Gasteiger partial charge is 0.389 e. The van der Waals surface area contributed by atoms with Crippen molar-refractivity contribution in [3.05, 3.63) is 0 Å². The second kappa shape index (κ2) is 7.24. The molecule has 2 nitrogen and oxygen atoms in total. The van der Waals surface area contributed by atoms with Crippen LogP contribution in [0.4, 0.5) is 13.2 Å². The van der Waals surface area contributed by atoms with E-state index < -0.39 is 12.6 Å². The highest BCUT2D eigenvalue weighted by atomic mass is 19.4. The number of rotatable bonds is 3. The van der Waals surface area contributed by atoms with Gasteiger partial charge in [-0.1, -0.05) is 20.8 Å². The number of Topliss-reactive ketones (excluding diaryl/α,β-unsaturated/α-hetero) is 1. The molecule has 0 aromatic rings. The predicted molar refractivity (Wildman–Crippen MR) is 106 cm³/mol. The van der Waals surface area contributed by atoms with E-state index in [1.54, 1.807) is 0 Å². The summed E-state index contributed by atoms with van der Waals surface area (Å²) in [6.07, 6.45) is 2.37. The van der Waals surface area contributed by atoms with Crippen molar-refractivity contribution in [2.75, 3.05) is 0 Å². The third-order valence-electron chi connectivity index (χ3n) is 10.1. The van der Waals surface area contributed by atoms with Gasteiger partial charge in [-0.15, -0.1) is 0 Å². The number of alkyl halides is 3. The number of carbonyl (C=O) groups is 1. The number of carbonyl (C=O) groups excluding carboxylic acids is 1. The fourth-order valence-electron chi connectivity index (χ4n) is 8.48. The van der Waals surface area contributed by atoms with Crippen molar-refractivity contribution in [2.24, 2.45) is 46.3 Å². The summed E-state index contributed by atoms with van der Waals surface area (Å²) in [5, 5.41) is 10.1. The average molecular weight is 415 g/mol. The van der Waals surface area contributed by atoms with Gasteiger partial charge in [0.25, 0.3) is 0 Å². The molecular weight excluding hydrogens is 377 g/mol. The number of hydrogen-bond donors (Lipinski definition) is 1. The summed E-state index contributed by atoms with van der Waals surface area (Å²) in [6.45, 7) is 6.63. The normalized spacial score (nSPS) is 48.6. The van der Waals surface area contributed by atoms with Gasteiger partial charge in [-0.25, -0.2) is 0 Å². The highest BCUT2D eigenvalue weighted by Crippen LogP contribution is 2.67. The Bertz CT molecular complexity index is 647. The summed E-state index contributed by atoms with van der Waals surface area (Å²) in [5.41, 5.74) is 0.137. The van der Waals surface area contributed by atoms with E-state index in [4.69, 9.17) is 0 Å². The number of ketones is 1. The van der Waals surface area contributed by atoms with Crippen molar-refractivity contribution in [3.63, 3.8) is 0 Å². The maximum absolute atomic E-state index is 13.3. The maximum atomic E-state index is 13.3. The first-order chi connectivity index (χ1) is 13.5. The van der Waals surface area contributed by atoms with Crippen LogP contribution < -0.4 is 0 Å². The topological polar surface area (TPSA) is 37.3 Å². The fraction of sp³-hybridized carbons (Fsp3) is 0.958. The Balaban J connectivity index is 1.54. The Morgan fingerprint density at radius 3 is 2.41 bits per heavy atom. The van der Waals surface area contributed by atoms with Gasteiger partial charge in [0.2, 0.25) is 0 Å². The molecule has 29 heavy (non-hydrogen) atoms. The van der Waals surface area contributed by atoms with Crippen molar-refractivity contribution in [3.8, 4) is 0 Å². The molecule has 166 valence electrons. The van der Waals surface area contributed by atoms with Crippen LogP contribution in [0, 0.1) is 46.3 Å². The lowest BCUT2D eigenvalue weighted by molar-refractivity contribution is -0.161. The van der Waals surface area contributed by atoms with E-state index in [-0.39, 0.29) is 35.2 Å². The van der Waals surface area contributed by atoms with Crippen LogP contribution in [0.1, 0.15) is 85.0 Å². The molecule has 0 aromatic carbocycles. The van der Waals surface area contributed by atoms with Gasteiger partial charge in [0.1, 0.15) is 5.78 Å². The van der Waals surface area contributed by atoms with Crippen molar-refractivity contribution in [1.82, 2.24) is 0 Å². The zero-order chi connectivity index (χ0) is 21.2. The molecule has 4 saturated carbocycles. The van der Waals surface area contributed by atoms with Crippen LogP contribution in [0.15, 0.2) is 0 Å². The van der Waals surface area contributed by atoms with Crippen LogP contribution in [0.5, 0.6) is 0 Å². The second-order valence-electron chi connectivity index (χ2n) is 11.4. The summed E-state index contributed by atoms with van der Waals surface area (Å²) >= 11 is 0. The highest BCUT2D eigenvalue weighted by Gasteiger charge is 2.63. The minimum Gasteiger partial charge on any atom is -0.393 e. The standard InChI is InChI=1S/C24H37F3O2/c1-14(6-11-24(25,26)27)17-4-5-18-21-19(8-10-23(17,18)3)22(2)9-7-16(28)12-15(22)13-20(21)29/h14-19,21,28H,4-13H2,1-3H3/t14-,15-,16+,17+,18-,19-,21-,22-,23+/m0/s1. The molecule has 4 rings (SSSR count). The molecule has 0 aromatic heterocycles. The monoisotopic (exact) mass is 414 g/mol. The second-order valence-corrected chi connectivity index (χ2v) is 11.4. The van der Waals surface area contributed by atoms with E-state index in [0.717, 1.165) is 44.9 Å². The van der Waals surface area contributed by atoms with E-state index in [9.17, 15) is 23.1 Å². The summed E-state index contributed by atoms with van der Waals surface area (Å²) in [4.78, 5) is 13.3. The lowest BCUT2D eigenvalue weighted by Gasteiger charge is -2.60. The first-order valence-electron chi connectivity index (χ1n) is 11.7. The van der Waals surface area contributed by atoms with Crippen LogP contribution >= 0.6 is 0 Å². The van der Waals surface area contributed by atoms with Crippen LogP contribution in [0.2, 0.25) is 0 Å². The molecule has 0 unspecified atom stereocenters. The van der Waals surface area contributed by atoms with Gasteiger partial charge < -0.3 is 5.11 Å². The van der Waals surface area contributed by atoms with Crippen LogP contribution in [-0.2, 0) is 4.79 Å². The number of fused-ring (bicyclic) bond motifs is 5. The summed E-state index contributed by atoms with van der Waals surface area (Å²) in [7, 11) is 0. The number of hydrogen-bond acceptors (Lipinski definition) is 2. The van der Waals surface area contributed by atoms with Crippen molar-refractivity contribution >= 4 is 5.78 Å². The molecule has 1 N–H and O–H groups in total. The summed E-state index contributed by atoms with van der Waals surface area (Å²) in [5.74, 6) is 1.83. The van der Waals surface area contributed by atoms with E-state index in [2.05, 4.69) is 13.8 Å². The highest BCUT2D eigenvalue weighted by molar-refractivity contribution is 5.83. The first-order valence-corrected chi connectivity index (χ1v) is 11.7. The Labute approximate surface area is 173 Å². The average Bonchev–Trinajstić information content (AvgIpc) is 2.98. The van der Waals surface area contributed by atoms with Crippen LogP contribution in [0.25, 0.3) is 0 Å². The molecular formula is C24H37F3O2. The summed E-state index contributed by atoms with van der Waals surface area (Å²) in [6, 6.07) is 0. The van der Waals surface area contributed by atoms with E-state index >= 15 is 0 Å². The SMILES string of the molecule is C[C@@H](CCC(F)(F)F)[C@H]1CC[C@H]2[C@@H]3C(=O)C[C@@H]4C[C@H](O)CC[C@]4(C)[C@H]3CC[C@]12C. The number of halogens is 3. The Morgan fingerprint density at radius 2 is 1.72 bits per heavy atom. The minimum absolute atomic E-state index is 0.000775. The molecule has 4 aliphatic carbocycles. The van der Waals surface area contributed by atoms with Crippen molar-refractivity contribution < 1.29 is 23.1 Å². The molecule has 0 aliphatic heterocycles. The van der Waals surface area contributed by atoms with Gasteiger partial charge in [-0.05, 0) is 91.8 Å². The predicted octanol–water partition coefficient (Wildman–Crippen LogP) is 6.16. The molecule has 0 spiro atoms. The molecule has 4 aliphatic rings. The lowest BCUT2D eigenvalue weighted by atomic mass is 9.44. The minimum atomic E-state index is -4.08. The van der Waals surface area contributed by atoms with Gasteiger partial charge in [0.05, 0.1) is 6.10 Å². The lowest BCUT2D eigenvalue weighted by Crippen LogP contribution is -2.57. The molecule has 0 radical (unpaired) electrons. The Kier molecular flexibility index (Phi) is 5.40. The zero-order valence-corrected chi connectivity index (χ0v) is 18.1. The van der Waals surface area contributed by atoms with Gasteiger partial charge >= 0.3 is 6.18 Å². The van der Waals surface area contributed by atoms with Gasteiger partial charge in [-0.3, -0.25) is 4.79 Å². The molecule has 0 bridgehead atoms.